The minimum atomic E-state index is 1.11. The number of hydrogen-bond acceptors (Lipinski definition) is 2. The highest BCUT2D eigenvalue weighted by atomic mass is 32.1. The molecule has 9 aromatic carbocycles. The van der Waals surface area contributed by atoms with Crippen molar-refractivity contribution in [1.82, 2.24) is 4.57 Å². The van der Waals surface area contributed by atoms with E-state index in [0.717, 1.165) is 22.7 Å². The van der Waals surface area contributed by atoms with Gasteiger partial charge in [-0.15, -0.1) is 11.3 Å². The van der Waals surface area contributed by atoms with Gasteiger partial charge in [0.1, 0.15) is 0 Å². The number of fused-ring (bicyclic) bond motifs is 6. The van der Waals surface area contributed by atoms with Gasteiger partial charge in [0.15, 0.2) is 0 Å². The molecule has 0 atom stereocenters. The number of hydrogen-bond donors (Lipinski definition) is 0. The predicted octanol–water partition coefficient (Wildman–Crippen LogP) is 15.6. The first-order chi connectivity index (χ1) is 28.3. The maximum atomic E-state index is 2.45. The molecule has 268 valence electrons. The van der Waals surface area contributed by atoms with Crippen molar-refractivity contribution in [2.75, 3.05) is 4.90 Å². The van der Waals surface area contributed by atoms with Crippen LogP contribution in [0.5, 0.6) is 0 Å². The number of anilines is 3. The molecular formula is C54H36N2S. The average molecular weight is 745 g/mol. The molecule has 0 aliphatic rings. The quantitative estimate of drug-likeness (QED) is 0.158. The Morgan fingerprint density at radius 2 is 0.860 bits per heavy atom. The summed E-state index contributed by atoms with van der Waals surface area (Å²) in [5.41, 5.74) is 14.1. The van der Waals surface area contributed by atoms with Gasteiger partial charge in [0.05, 0.1) is 16.7 Å². The summed E-state index contributed by atoms with van der Waals surface area (Å²) in [5, 5.41) is 5.13. The van der Waals surface area contributed by atoms with Crippen LogP contribution >= 0.6 is 11.3 Å². The summed E-state index contributed by atoms with van der Waals surface area (Å²) in [7, 11) is 0. The largest absolute Gasteiger partial charge is 0.310 e. The molecule has 0 saturated heterocycles. The SMILES string of the molecule is c1ccc(-c2ccc(N(c3ccc(-c4ccccc4-n4c5ccccc5c5c(-c6ccccc6)cccc54)cc3)c3ccc4c(c3)sc3ccccc34)cc2)cc1. The van der Waals surface area contributed by atoms with E-state index in [1.165, 1.54) is 75.4 Å². The Kier molecular flexibility index (Phi) is 8.04. The van der Waals surface area contributed by atoms with Crippen LogP contribution in [0, 0.1) is 0 Å². The van der Waals surface area contributed by atoms with Crippen molar-refractivity contribution in [2.24, 2.45) is 0 Å². The molecular weight excluding hydrogens is 709 g/mol. The molecule has 11 aromatic rings. The van der Waals surface area contributed by atoms with E-state index in [4.69, 9.17) is 0 Å². The smallest absolute Gasteiger partial charge is 0.0547 e. The van der Waals surface area contributed by atoms with Crippen molar-refractivity contribution in [3.8, 4) is 39.1 Å². The van der Waals surface area contributed by atoms with Gasteiger partial charge >= 0.3 is 0 Å². The Balaban J connectivity index is 1.04. The van der Waals surface area contributed by atoms with Crippen molar-refractivity contribution < 1.29 is 0 Å². The molecule has 0 N–H and O–H groups in total. The molecule has 0 bridgehead atoms. The Morgan fingerprint density at radius 3 is 1.63 bits per heavy atom. The fourth-order valence-corrected chi connectivity index (χ4v) is 9.71. The van der Waals surface area contributed by atoms with Gasteiger partial charge in [0.2, 0.25) is 0 Å². The van der Waals surface area contributed by atoms with Gasteiger partial charge in [0, 0.05) is 53.6 Å². The summed E-state index contributed by atoms with van der Waals surface area (Å²) in [6.45, 7) is 0. The fraction of sp³-hybridized carbons (Fsp3) is 0. The summed E-state index contributed by atoms with van der Waals surface area (Å²) >= 11 is 1.86. The third-order valence-electron chi connectivity index (χ3n) is 11.2. The second kappa shape index (κ2) is 13.8. The second-order valence-electron chi connectivity index (χ2n) is 14.5. The molecule has 0 aliphatic heterocycles. The number of para-hydroxylation sites is 2. The lowest BCUT2D eigenvalue weighted by Gasteiger charge is -2.26. The van der Waals surface area contributed by atoms with Crippen LogP contribution in [0.25, 0.3) is 81.0 Å². The minimum absolute atomic E-state index is 1.11. The highest BCUT2D eigenvalue weighted by Gasteiger charge is 2.19. The van der Waals surface area contributed by atoms with Gasteiger partial charge in [0.25, 0.3) is 0 Å². The van der Waals surface area contributed by atoms with Crippen LogP contribution in [0.4, 0.5) is 17.1 Å². The van der Waals surface area contributed by atoms with E-state index >= 15 is 0 Å². The van der Waals surface area contributed by atoms with E-state index < -0.39 is 0 Å². The van der Waals surface area contributed by atoms with E-state index in [9.17, 15) is 0 Å². The van der Waals surface area contributed by atoms with Gasteiger partial charge in [-0.25, -0.2) is 0 Å². The van der Waals surface area contributed by atoms with Crippen molar-refractivity contribution in [3.05, 3.63) is 218 Å². The van der Waals surface area contributed by atoms with Crippen LogP contribution in [0.1, 0.15) is 0 Å². The van der Waals surface area contributed by atoms with E-state index in [1.54, 1.807) is 0 Å². The highest BCUT2D eigenvalue weighted by molar-refractivity contribution is 7.25. The van der Waals surface area contributed by atoms with Gasteiger partial charge in [-0.05, 0) is 88.5 Å². The summed E-state index contributed by atoms with van der Waals surface area (Å²) in [5.74, 6) is 0. The zero-order chi connectivity index (χ0) is 37.7. The zero-order valence-corrected chi connectivity index (χ0v) is 31.9. The van der Waals surface area contributed by atoms with Crippen molar-refractivity contribution in [2.45, 2.75) is 0 Å². The highest BCUT2D eigenvalue weighted by Crippen LogP contribution is 2.43. The molecule has 11 rings (SSSR count). The van der Waals surface area contributed by atoms with E-state index in [1.807, 2.05) is 11.3 Å². The molecule has 2 heterocycles. The Morgan fingerprint density at radius 1 is 0.333 bits per heavy atom. The number of nitrogens with zero attached hydrogens (tertiary/aromatic N) is 2. The summed E-state index contributed by atoms with van der Waals surface area (Å²) in [6.07, 6.45) is 0. The third-order valence-corrected chi connectivity index (χ3v) is 12.4. The van der Waals surface area contributed by atoms with E-state index in [-0.39, 0.29) is 0 Å². The third kappa shape index (κ3) is 5.71. The molecule has 57 heavy (non-hydrogen) atoms. The molecule has 0 saturated carbocycles. The van der Waals surface area contributed by atoms with Gasteiger partial charge in [-0.1, -0.05) is 158 Å². The summed E-state index contributed by atoms with van der Waals surface area (Å²) in [6, 6.07) is 79.3. The van der Waals surface area contributed by atoms with Crippen molar-refractivity contribution >= 4 is 70.4 Å². The monoisotopic (exact) mass is 744 g/mol. The van der Waals surface area contributed by atoms with Crippen LogP contribution in [0.15, 0.2) is 218 Å². The van der Waals surface area contributed by atoms with Gasteiger partial charge in [-0.3, -0.25) is 0 Å². The molecule has 2 aromatic heterocycles. The standard InChI is InChI=1S/C54H36N2S/c1-3-14-37(15-4-1)38-26-30-41(31-27-38)55(43-34-35-47-46-19-9-12-25-52(46)57-53(47)36-43)42-32-28-40(29-33-42)44-18-7-10-22-49(44)56-50-23-11-8-20-48(50)54-45(21-13-24-51(54)56)39-16-5-2-6-17-39/h1-36H. The molecule has 0 amide bonds. The lowest BCUT2D eigenvalue weighted by atomic mass is 9.99. The summed E-state index contributed by atoms with van der Waals surface area (Å²) in [4.78, 5) is 2.38. The maximum absolute atomic E-state index is 2.45. The van der Waals surface area contributed by atoms with E-state index in [2.05, 4.69) is 228 Å². The first-order valence-electron chi connectivity index (χ1n) is 19.4. The molecule has 0 spiro atoms. The van der Waals surface area contributed by atoms with Gasteiger partial charge < -0.3 is 9.47 Å². The number of rotatable bonds is 7. The molecule has 0 aliphatic carbocycles. The maximum Gasteiger partial charge on any atom is 0.0547 e. The number of aromatic nitrogens is 1. The summed E-state index contributed by atoms with van der Waals surface area (Å²) < 4.78 is 5.04. The van der Waals surface area contributed by atoms with Crippen LogP contribution in [-0.2, 0) is 0 Å². The van der Waals surface area contributed by atoms with Crippen LogP contribution in [0.3, 0.4) is 0 Å². The van der Waals surface area contributed by atoms with Crippen LogP contribution in [0.2, 0.25) is 0 Å². The first kappa shape index (κ1) is 33.2. The van der Waals surface area contributed by atoms with Crippen molar-refractivity contribution in [3.63, 3.8) is 0 Å². The number of benzene rings is 9. The normalized spacial score (nSPS) is 11.5. The minimum Gasteiger partial charge on any atom is -0.310 e. The Hall–Kier alpha value is -7.20. The van der Waals surface area contributed by atoms with Crippen molar-refractivity contribution in [1.29, 1.82) is 0 Å². The molecule has 0 unspecified atom stereocenters. The molecule has 0 fully saturated rings. The lowest BCUT2D eigenvalue weighted by molar-refractivity contribution is 1.18. The number of thiophene rings is 1. The fourth-order valence-electron chi connectivity index (χ4n) is 8.57. The Bertz CT molecular complexity index is 3210. The molecule has 2 nitrogen and oxygen atoms in total. The second-order valence-corrected chi connectivity index (χ2v) is 15.6. The Labute approximate surface area is 335 Å². The van der Waals surface area contributed by atoms with Gasteiger partial charge in [-0.2, -0.15) is 0 Å². The van der Waals surface area contributed by atoms with E-state index in [0.29, 0.717) is 0 Å². The van der Waals surface area contributed by atoms with Crippen LogP contribution in [-0.4, -0.2) is 4.57 Å². The average Bonchev–Trinajstić information content (AvgIpc) is 3.83. The molecule has 0 radical (unpaired) electrons. The predicted molar refractivity (Wildman–Crippen MR) is 245 cm³/mol. The zero-order valence-electron chi connectivity index (χ0n) is 31.1. The first-order valence-corrected chi connectivity index (χ1v) is 20.2. The molecule has 3 heteroatoms. The topological polar surface area (TPSA) is 8.17 Å². The van der Waals surface area contributed by atoms with Crippen LogP contribution < -0.4 is 4.90 Å². The lowest BCUT2D eigenvalue weighted by Crippen LogP contribution is -2.09.